The third-order valence-corrected chi connectivity index (χ3v) is 2.35. The molecule has 1 aromatic rings. The minimum Gasteiger partial charge on any atom is -0.423 e. The highest BCUT2D eigenvalue weighted by atomic mass is 35.5. The first-order valence-electron chi connectivity index (χ1n) is 3.90. The number of aryl methyl sites for hydroxylation is 1. The van der Waals surface area contributed by atoms with Gasteiger partial charge >= 0.3 is 7.12 Å². The highest BCUT2D eigenvalue weighted by Crippen LogP contribution is 2.17. The van der Waals surface area contributed by atoms with Crippen LogP contribution >= 0.6 is 23.2 Å². The van der Waals surface area contributed by atoms with Gasteiger partial charge in [0.25, 0.3) is 0 Å². The van der Waals surface area contributed by atoms with Crippen molar-refractivity contribution in [2.75, 3.05) is 0 Å². The zero-order valence-electron chi connectivity index (χ0n) is 7.09. The summed E-state index contributed by atoms with van der Waals surface area (Å²) >= 11 is 11.6. The molecule has 0 atom stereocenters. The molecule has 0 bridgehead atoms. The topological polar surface area (TPSA) is 40.5 Å². The third-order valence-electron chi connectivity index (χ3n) is 1.82. The van der Waals surface area contributed by atoms with Crippen LogP contribution in [0.2, 0.25) is 10.0 Å². The number of hydrogen-bond acceptors (Lipinski definition) is 2. The molecule has 5 heteroatoms. The second kappa shape index (κ2) is 4.33. The molecule has 70 valence electrons. The summed E-state index contributed by atoms with van der Waals surface area (Å²) in [5.74, 6) is 0. The molecule has 1 rings (SSSR count). The van der Waals surface area contributed by atoms with E-state index in [1.54, 1.807) is 6.07 Å². The van der Waals surface area contributed by atoms with E-state index in [-0.39, 0.29) is 0 Å². The average Bonchev–Trinajstić information content (AvgIpc) is 2.01. The fraction of sp³-hybridized carbons (Fsp3) is 0.250. The molecule has 0 saturated carbocycles. The fourth-order valence-electron chi connectivity index (χ4n) is 1.22. The molecule has 0 saturated heterocycles. The summed E-state index contributed by atoms with van der Waals surface area (Å²) in [6.07, 6.45) is 0.660. The van der Waals surface area contributed by atoms with Crippen molar-refractivity contribution >= 4 is 35.8 Å². The molecule has 0 radical (unpaired) electrons. The Kier molecular flexibility index (Phi) is 3.62. The highest BCUT2D eigenvalue weighted by Gasteiger charge is 2.19. The van der Waals surface area contributed by atoms with Crippen molar-refractivity contribution in [2.45, 2.75) is 13.3 Å². The van der Waals surface area contributed by atoms with Crippen LogP contribution in [0.25, 0.3) is 0 Å². The minimum absolute atomic E-state index is 0.291. The number of halogens is 2. The van der Waals surface area contributed by atoms with Crippen molar-refractivity contribution < 1.29 is 10.0 Å². The van der Waals surface area contributed by atoms with Crippen molar-refractivity contribution in [1.82, 2.24) is 0 Å². The molecule has 1 aromatic carbocycles. The highest BCUT2D eigenvalue weighted by molar-refractivity contribution is 6.63. The molecule has 0 heterocycles. The predicted molar refractivity (Wildman–Crippen MR) is 55.7 cm³/mol. The summed E-state index contributed by atoms with van der Waals surface area (Å²) in [4.78, 5) is 0. The van der Waals surface area contributed by atoms with E-state index < -0.39 is 7.12 Å². The molecular weight excluding hydrogens is 210 g/mol. The maximum absolute atomic E-state index is 9.04. The monoisotopic (exact) mass is 218 g/mol. The summed E-state index contributed by atoms with van der Waals surface area (Å²) in [6.45, 7) is 1.90. The van der Waals surface area contributed by atoms with Gasteiger partial charge in [-0.1, -0.05) is 30.1 Å². The molecule has 13 heavy (non-hydrogen) atoms. The Morgan fingerprint density at radius 1 is 1.31 bits per heavy atom. The van der Waals surface area contributed by atoms with Crippen molar-refractivity contribution in [1.29, 1.82) is 0 Å². The van der Waals surface area contributed by atoms with E-state index in [9.17, 15) is 0 Å². The lowest BCUT2D eigenvalue weighted by atomic mass is 9.76. The number of rotatable bonds is 2. The van der Waals surface area contributed by atoms with Crippen LogP contribution in [0.15, 0.2) is 12.1 Å². The Morgan fingerprint density at radius 3 is 2.38 bits per heavy atom. The molecule has 0 aliphatic carbocycles. The van der Waals surface area contributed by atoms with Crippen LogP contribution in [0.4, 0.5) is 0 Å². The van der Waals surface area contributed by atoms with Crippen LogP contribution in [0, 0.1) is 0 Å². The summed E-state index contributed by atoms with van der Waals surface area (Å²) in [7, 11) is -1.54. The van der Waals surface area contributed by atoms with Gasteiger partial charge in [-0.15, -0.1) is 0 Å². The van der Waals surface area contributed by atoms with Crippen LogP contribution in [-0.4, -0.2) is 17.2 Å². The lowest BCUT2D eigenvalue weighted by Crippen LogP contribution is -2.33. The zero-order chi connectivity index (χ0) is 10.0. The Labute approximate surface area is 87.2 Å². The standard InChI is InChI=1S/C8H9BCl2O2/c1-2-5-3-6(10)4-7(11)8(5)9(12)13/h3-4,12-13H,2H2,1H3. The largest absolute Gasteiger partial charge is 0.490 e. The normalized spacial score (nSPS) is 10.2. The Balaban J connectivity index is 3.30. The van der Waals surface area contributed by atoms with Gasteiger partial charge < -0.3 is 10.0 Å². The van der Waals surface area contributed by atoms with Gasteiger partial charge in [-0.3, -0.25) is 0 Å². The minimum atomic E-state index is -1.54. The molecular formula is C8H9BCl2O2. The summed E-state index contributed by atoms with van der Waals surface area (Å²) < 4.78 is 0. The zero-order valence-corrected chi connectivity index (χ0v) is 8.60. The lowest BCUT2D eigenvalue weighted by Gasteiger charge is -2.09. The molecule has 0 aromatic heterocycles. The molecule has 2 nitrogen and oxygen atoms in total. The van der Waals surface area contributed by atoms with E-state index in [0.717, 1.165) is 5.56 Å². The molecule has 0 aliphatic heterocycles. The third kappa shape index (κ3) is 2.38. The number of benzene rings is 1. The summed E-state index contributed by atoms with van der Waals surface area (Å²) in [5, 5.41) is 18.9. The second-order valence-electron chi connectivity index (χ2n) is 2.69. The van der Waals surface area contributed by atoms with Crippen LogP contribution in [0.3, 0.4) is 0 Å². The van der Waals surface area contributed by atoms with Crippen LogP contribution < -0.4 is 5.46 Å². The fourth-order valence-corrected chi connectivity index (χ4v) is 1.85. The molecule has 2 N–H and O–H groups in total. The van der Waals surface area contributed by atoms with Gasteiger partial charge in [-0.2, -0.15) is 0 Å². The maximum Gasteiger partial charge on any atom is 0.490 e. The van der Waals surface area contributed by atoms with Crippen LogP contribution in [0.5, 0.6) is 0 Å². The van der Waals surface area contributed by atoms with E-state index in [2.05, 4.69) is 0 Å². The predicted octanol–water partition coefficient (Wildman–Crippen LogP) is 1.24. The van der Waals surface area contributed by atoms with Gasteiger partial charge in [-0.25, -0.2) is 0 Å². The molecule has 0 aliphatic rings. The maximum atomic E-state index is 9.04. The van der Waals surface area contributed by atoms with Crippen molar-refractivity contribution in [3.05, 3.63) is 27.7 Å². The van der Waals surface area contributed by atoms with Crippen molar-refractivity contribution in [2.24, 2.45) is 0 Å². The van der Waals surface area contributed by atoms with E-state index in [4.69, 9.17) is 33.2 Å². The average molecular weight is 219 g/mol. The summed E-state index contributed by atoms with van der Waals surface area (Å²) in [5.41, 5.74) is 1.10. The Hall–Kier alpha value is -0.215. The van der Waals surface area contributed by atoms with Crippen molar-refractivity contribution in [3.63, 3.8) is 0 Å². The van der Waals surface area contributed by atoms with Gasteiger partial charge in [0.2, 0.25) is 0 Å². The van der Waals surface area contributed by atoms with Gasteiger partial charge in [0, 0.05) is 15.5 Å². The van der Waals surface area contributed by atoms with E-state index in [0.29, 0.717) is 21.9 Å². The van der Waals surface area contributed by atoms with E-state index in [1.165, 1.54) is 6.07 Å². The first-order valence-corrected chi connectivity index (χ1v) is 4.65. The van der Waals surface area contributed by atoms with E-state index >= 15 is 0 Å². The van der Waals surface area contributed by atoms with Gasteiger partial charge in [0.05, 0.1) is 0 Å². The quantitative estimate of drug-likeness (QED) is 0.734. The lowest BCUT2D eigenvalue weighted by molar-refractivity contribution is 0.425. The first-order chi connectivity index (χ1) is 6.06. The second-order valence-corrected chi connectivity index (χ2v) is 3.53. The van der Waals surface area contributed by atoms with Crippen LogP contribution in [-0.2, 0) is 6.42 Å². The van der Waals surface area contributed by atoms with Gasteiger partial charge in [-0.05, 0) is 24.1 Å². The molecule has 0 spiro atoms. The van der Waals surface area contributed by atoms with Gasteiger partial charge in [0.15, 0.2) is 0 Å². The van der Waals surface area contributed by atoms with Crippen LogP contribution in [0.1, 0.15) is 12.5 Å². The van der Waals surface area contributed by atoms with Gasteiger partial charge in [0.1, 0.15) is 0 Å². The SMILES string of the molecule is CCc1cc(Cl)cc(Cl)c1B(O)O. The molecule has 0 fully saturated rings. The van der Waals surface area contributed by atoms with Crippen molar-refractivity contribution in [3.8, 4) is 0 Å². The molecule has 0 amide bonds. The Morgan fingerprint density at radius 2 is 1.92 bits per heavy atom. The van der Waals surface area contributed by atoms with E-state index in [1.807, 2.05) is 6.92 Å². The summed E-state index contributed by atoms with van der Waals surface area (Å²) in [6, 6.07) is 3.18. The Bertz CT molecular complexity index is 315. The smallest absolute Gasteiger partial charge is 0.423 e. The molecule has 0 unspecified atom stereocenters. The first kappa shape index (κ1) is 10.9. The number of hydrogen-bond donors (Lipinski definition) is 2.